The molecule has 0 bridgehead atoms. The van der Waals surface area contributed by atoms with Crippen LogP contribution in [0.5, 0.6) is 0 Å². The number of anilines is 1. The van der Waals surface area contributed by atoms with Crippen molar-refractivity contribution < 1.29 is 14.3 Å². The van der Waals surface area contributed by atoms with Crippen LogP contribution >= 0.6 is 0 Å². The number of hydrogen-bond donors (Lipinski definition) is 1. The Morgan fingerprint density at radius 3 is 2.38 bits per heavy atom. The van der Waals surface area contributed by atoms with Gasteiger partial charge in [0.2, 0.25) is 5.91 Å². The van der Waals surface area contributed by atoms with Crippen LogP contribution in [0.3, 0.4) is 0 Å². The van der Waals surface area contributed by atoms with E-state index in [9.17, 15) is 9.59 Å². The smallest absolute Gasteiger partial charge is 0.409 e. The lowest BCUT2D eigenvalue weighted by Gasteiger charge is -2.34. The van der Waals surface area contributed by atoms with Crippen molar-refractivity contribution in [2.24, 2.45) is 5.10 Å². The third-order valence-corrected chi connectivity index (χ3v) is 3.72. The molecule has 0 radical (unpaired) electrons. The van der Waals surface area contributed by atoms with Crippen molar-refractivity contribution in [3.63, 3.8) is 0 Å². The predicted octanol–water partition coefficient (Wildman–Crippen LogP) is 2.17. The number of rotatable bonds is 5. The van der Waals surface area contributed by atoms with Crippen LogP contribution in [0.2, 0.25) is 0 Å². The van der Waals surface area contributed by atoms with Gasteiger partial charge in [0.15, 0.2) is 0 Å². The van der Waals surface area contributed by atoms with Gasteiger partial charge in [-0.25, -0.2) is 4.79 Å². The van der Waals surface area contributed by atoms with Gasteiger partial charge in [-0.1, -0.05) is 18.2 Å². The molecule has 2 rings (SSSR count). The highest BCUT2D eigenvalue weighted by atomic mass is 16.6. The minimum Gasteiger partial charge on any atom is -0.450 e. The average Bonchev–Trinajstić information content (AvgIpc) is 2.61. The molecular formula is C17H24N4O3. The van der Waals surface area contributed by atoms with Crippen LogP contribution in [-0.4, -0.2) is 60.3 Å². The van der Waals surface area contributed by atoms with Crippen molar-refractivity contribution in [2.75, 3.05) is 38.2 Å². The largest absolute Gasteiger partial charge is 0.450 e. The first-order chi connectivity index (χ1) is 11.6. The maximum Gasteiger partial charge on any atom is 0.409 e. The van der Waals surface area contributed by atoms with E-state index in [4.69, 9.17) is 4.74 Å². The van der Waals surface area contributed by atoms with Crippen LogP contribution in [0.1, 0.15) is 20.3 Å². The van der Waals surface area contributed by atoms with Crippen LogP contribution in [0, 0.1) is 0 Å². The molecule has 0 aliphatic carbocycles. The summed E-state index contributed by atoms with van der Waals surface area (Å²) in [7, 11) is 0. The normalized spacial score (nSPS) is 15.2. The lowest BCUT2D eigenvalue weighted by atomic mass is 10.2. The highest BCUT2D eigenvalue weighted by molar-refractivity contribution is 6.00. The summed E-state index contributed by atoms with van der Waals surface area (Å²) in [5.41, 5.74) is 4.54. The van der Waals surface area contributed by atoms with Crippen molar-refractivity contribution >= 4 is 23.4 Å². The predicted molar refractivity (Wildman–Crippen MR) is 93.0 cm³/mol. The summed E-state index contributed by atoms with van der Waals surface area (Å²) in [6.07, 6.45) is -0.0476. The zero-order valence-electron chi connectivity index (χ0n) is 14.2. The molecule has 1 aromatic rings. The van der Waals surface area contributed by atoms with E-state index >= 15 is 0 Å². The molecule has 130 valence electrons. The van der Waals surface area contributed by atoms with E-state index in [0.717, 1.165) is 11.4 Å². The van der Waals surface area contributed by atoms with Gasteiger partial charge in [0, 0.05) is 31.9 Å². The maximum atomic E-state index is 12.3. The highest BCUT2D eigenvalue weighted by Crippen LogP contribution is 2.08. The third kappa shape index (κ3) is 5.26. The monoisotopic (exact) mass is 332 g/mol. The van der Waals surface area contributed by atoms with Crippen molar-refractivity contribution in [3.8, 4) is 0 Å². The van der Waals surface area contributed by atoms with Crippen LogP contribution in [0.15, 0.2) is 35.4 Å². The van der Waals surface area contributed by atoms with Gasteiger partial charge in [0.05, 0.1) is 18.7 Å². The molecule has 0 atom stereocenters. The lowest BCUT2D eigenvalue weighted by molar-refractivity contribution is -0.131. The number of para-hydroxylation sites is 1. The SMILES string of the molecule is CCOC(=O)N1CCN(C(=O)C/C(C)=N\Nc2ccccc2)CC1. The van der Waals surface area contributed by atoms with Crippen molar-refractivity contribution in [2.45, 2.75) is 20.3 Å². The number of amides is 2. The molecule has 1 heterocycles. The first-order valence-electron chi connectivity index (χ1n) is 8.14. The zero-order chi connectivity index (χ0) is 17.4. The summed E-state index contributed by atoms with van der Waals surface area (Å²) >= 11 is 0. The van der Waals surface area contributed by atoms with E-state index in [0.29, 0.717) is 32.8 Å². The summed E-state index contributed by atoms with van der Waals surface area (Å²) in [6.45, 7) is 6.02. The molecule has 7 nitrogen and oxygen atoms in total. The maximum absolute atomic E-state index is 12.3. The number of carbonyl (C=O) groups is 2. The molecule has 2 amide bonds. The van der Waals surface area contributed by atoms with Crippen LogP contribution in [-0.2, 0) is 9.53 Å². The fourth-order valence-electron chi connectivity index (χ4n) is 2.40. The number of carbonyl (C=O) groups excluding carboxylic acids is 2. The fourth-order valence-corrected chi connectivity index (χ4v) is 2.40. The summed E-state index contributed by atoms with van der Waals surface area (Å²) in [5, 5.41) is 4.23. The Morgan fingerprint density at radius 2 is 1.75 bits per heavy atom. The Kier molecular flexibility index (Phi) is 6.60. The molecule has 1 aliphatic rings. The van der Waals surface area contributed by atoms with E-state index in [1.165, 1.54) is 0 Å². The Morgan fingerprint density at radius 1 is 1.12 bits per heavy atom. The number of hydrazone groups is 1. The quantitative estimate of drug-likeness (QED) is 0.662. The summed E-state index contributed by atoms with van der Waals surface area (Å²) in [6, 6.07) is 9.59. The van der Waals surface area contributed by atoms with Crippen molar-refractivity contribution in [3.05, 3.63) is 30.3 Å². The molecule has 1 N–H and O–H groups in total. The molecule has 0 aromatic heterocycles. The minimum absolute atomic E-state index is 0.0228. The van der Waals surface area contributed by atoms with Crippen molar-refractivity contribution in [1.82, 2.24) is 9.80 Å². The number of hydrogen-bond acceptors (Lipinski definition) is 5. The van der Waals surface area contributed by atoms with Crippen molar-refractivity contribution in [1.29, 1.82) is 0 Å². The first-order valence-corrected chi connectivity index (χ1v) is 8.14. The van der Waals surface area contributed by atoms with Crippen LogP contribution < -0.4 is 5.43 Å². The number of benzene rings is 1. The highest BCUT2D eigenvalue weighted by Gasteiger charge is 2.24. The van der Waals surface area contributed by atoms with E-state index in [1.807, 2.05) is 37.3 Å². The standard InChI is InChI=1S/C17H24N4O3/c1-3-24-17(23)21-11-9-20(10-12-21)16(22)13-14(2)18-19-15-7-5-4-6-8-15/h4-8,19H,3,9-13H2,1-2H3/b18-14-. The van der Waals surface area contributed by atoms with Gasteiger partial charge in [-0.15, -0.1) is 0 Å². The van der Waals surface area contributed by atoms with E-state index in [2.05, 4.69) is 10.5 Å². The van der Waals surface area contributed by atoms with E-state index in [1.54, 1.807) is 16.7 Å². The van der Waals surface area contributed by atoms with Gasteiger partial charge >= 0.3 is 6.09 Å². The second kappa shape index (κ2) is 8.90. The van der Waals surface area contributed by atoms with Gasteiger partial charge in [0.25, 0.3) is 0 Å². The third-order valence-electron chi connectivity index (χ3n) is 3.72. The summed E-state index contributed by atoms with van der Waals surface area (Å²) < 4.78 is 4.97. The van der Waals surface area contributed by atoms with Gasteiger partial charge in [-0.3, -0.25) is 10.2 Å². The second-order valence-corrected chi connectivity index (χ2v) is 5.57. The van der Waals surface area contributed by atoms with Crippen LogP contribution in [0.25, 0.3) is 0 Å². The summed E-state index contributed by atoms with van der Waals surface area (Å²) in [4.78, 5) is 27.3. The first kappa shape index (κ1) is 17.8. The van der Waals surface area contributed by atoms with Gasteiger partial charge in [0.1, 0.15) is 0 Å². The minimum atomic E-state index is -0.311. The molecule has 7 heteroatoms. The second-order valence-electron chi connectivity index (χ2n) is 5.57. The molecule has 1 saturated heterocycles. The fraction of sp³-hybridized carbons (Fsp3) is 0.471. The molecule has 0 saturated carbocycles. The number of piperazine rings is 1. The Hall–Kier alpha value is -2.57. The number of nitrogens with zero attached hydrogens (tertiary/aromatic N) is 3. The Bertz CT molecular complexity index is 581. The average molecular weight is 332 g/mol. The molecule has 0 unspecified atom stereocenters. The van der Waals surface area contributed by atoms with E-state index in [-0.39, 0.29) is 18.4 Å². The molecule has 24 heavy (non-hydrogen) atoms. The Balaban J connectivity index is 1.77. The van der Waals surface area contributed by atoms with Gasteiger partial charge in [-0.05, 0) is 26.0 Å². The zero-order valence-corrected chi connectivity index (χ0v) is 14.2. The molecule has 1 fully saturated rings. The molecule has 0 spiro atoms. The van der Waals surface area contributed by atoms with Gasteiger partial charge < -0.3 is 14.5 Å². The number of nitrogens with one attached hydrogen (secondary N) is 1. The van der Waals surface area contributed by atoms with Crippen LogP contribution in [0.4, 0.5) is 10.5 Å². The molecule has 1 aromatic carbocycles. The van der Waals surface area contributed by atoms with Gasteiger partial charge in [-0.2, -0.15) is 5.10 Å². The Labute approximate surface area is 142 Å². The molecule has 1 aliphatic heterocycles. The lowest BCUT2D eigenvalue weighted by Crippen LogP contribution is -2.51. The summed E-state index contributed by atoms with van der Waals surface area (Å²) in [5.74, 6) is 0.0228. The number of ether oxygens (including phenoxy) is 1. The van der Waals surface area contributed by atoms with E-state index < -0.39 is 0 Å². The topological polar surface area (TPSA) is 74.2 Å². The molecular weight excluding hydrogens is 308 g/mol.